The van der Waals surface area contributed by atoms with Crippen molar-refractivity contribution in [2.75, 3.05) is 14.1 Å². The second kappa shape index (κ2) is 18.8. The van der Waals surface area contributed by atoms with Gasteiger partial charge >= 0.3 is 0 Å². The van der Waals surface area contributed by atoms with Crippen molar-refractivity contribution in [2.24, 2.45) is 0 Å². The number of aryl methyl sites for hydroxylation is 1. The molecule has 0 spiro atoms. The summed E-state index contributed by atoms with van der Waals surface area (Å²) in [6.07, 6.45) is 21.4. The summed E-state index contributed by atoms with van der Waals surface area (Å²) in [4.78, 5) is 2.24. The smallest absolute Gasteiger partial charge is 0.0227 e. The first kappa shape index (κ1) is 26.5. The van der Waals surface area contributed by atoms with Gasteiger partial charge in [-0.25, -0.2) is 0 Å². The highest BCUT2D eigenvalue weighted by Gasteiger charge is 1.99. The Morgan fingerprint density at radius 2 is 1.07 bits per heavy atom. The predicted octanol–water partition coefficient (Wildman–Crippen LogP) is 8.19. The van der Waals surface area contributed by atoms with Gasteiger partial charge in [-0.2, -0.15) is 0 Å². The normalized spacial score (nSPS) is 11.0. The van der Waals surface area contributed by atoms with Gasteiger partial charge in [0.05, 0.1) is 0 Å². The van der Waals surface area contributed by atoms with E-state index in [9.17, 15) is 0 Å². The largest absolute Gasteiger partial charge is 0.305 e. The van der Waals surface area contributed by atoms with E-state index in [-0.39, 0.29) is 12.4 Å². The summed E-state index contributed by atoms with van der Waals surface area (Å²) in [7, 11) is 4.28. The maximum Gasteiger partial charge on any atom is 0.0227 e. The number of rotatable bonds is 17. The molecule has 1 aromatic rings. The maximum absolute atomic E-state index is 2.39. The molecule has 1 rings (SSSR count). The standard InChI is InChI=1S/C25H45N.ClH/c1-4-5-6-7-8-9-10-11-12-13-14-15-16-17-19-24-20-18-21-25(22-24)23-26(2)3;/h18,20-22H,4-17,19,23H2,1-3H3;1H. The Kier molecular flexibility index (Phi) is 18.4. The molecule has 0 aliphatic carbocycles. The molecule has 0 amide bonds. The Morgan fingerprint density at radius 1 is 0.630 bits per heavy atom. The van der Waals surface area contributed by atoms with E-state index in [1.165, 1.54) is 107 Å². The third-order valence-corrected chi connectivity index (χ3v) is 5.31. The van der Waals surface area contributed by atoms with E-state index in [0.29, 0.717) is 0 Å². The zero-order chi connectivity index (χ0) is 18.9. The van der Waals surface area contributed by atoms with Gasteiger partial charge in [0.25, 0.3) is 0 Å². The van der Waals surface area contributed by atoms with E-state index >= 15 is 0 Å². The molecule has 0 aromatic heterocycles. The number of hydrogen-bond donors (Lipinski definition) is 0. The van der Waals surface area contributed by atoms with Crippen LogP contribution in [0.3, 0.4) is 0 Å². The van der Waals surface area contributed by atoms with Crippen molar-refractivity contribution in [1.29, 1.82) is 0 Å². The van der Waals surface area contributed by atoms with Crippen molar-refractivity contribution in [3.05, 3.63) is 35.4 Å². The van der Waals surface area contributed by atoms with Gasteiger partial charge in [0, 0.05) is 6.54 Å². The van der Waals surface area contributed by atoms with Crippen molar-refractivity contribution in [1.82, 2.24) is 4.90 Å². The van der Waals surface area contributed by atoms with Crippen molar-refractivity contribution in [3.8, 4) is 0 Å². The molecule has 0 fully saturated rings. The lowest BCUT2D eigenvalue weighted by Crippen LogP contribution is -2.10. The van der Waals surface area contributed by atoms with Crippen LogP contribution in [0, 0.1) is 0 Å². The summed E-state index contributed by atoms with van der Waals surface area (Å²) in [5.74, 6) is 0. The maximum atomic E-state index is 2.39. The van der Waals surface area contributed by atoms with Crippen LogP contribution >= 0.6 is 12.4 Å². The number of unbranched alkanes of at least 4 members (excludes halogenated alkanes) is 13. The molecule has 0 bridgehead atoms. The van der Waals surface area contributed by atoms with E-state index < -0.39 is 0 Å². The molecule has 1 aromatic carbocycles. The Hall–Kier alpha value is -0.530. The molecule has 0 saturated carbocycles. The van der Waals surface area contributed by atoms with Crippen LogP contribution in [0.15, 0.2) is 24.3 Å². The van der Waals surface area contributed by atoms with Crippen LogP contribution in [0.2, 0.25) is 0 Å². The minimum absolute atomic E-state index is 0. The Bertz CT molecular complexity index is 430. The zero-order valence-electron chi connectivity index (χ0n) is 18.5. The lowest BCUT2D eigenvalue weighted by molar-refractivity contribution is 0.402. The summed E-state index contributed by atoms with van der Waals surface area (Å²) in [6.45, 7) is 3.34. The fourth-order valence-electron chi connectivity index (χ4n) is 3.77. The van der Waals surface area contributed by atoms with E-state index in [2.05, 4.69) is 50.2 Å². The lowest BCUT2D eigenvalue weighted by Gasteiger charge is -2.11. The Labute approximate surface area is 176 Å². The quantitative estimate of drug-likeness (QED) is 0.240. The first-order valence-electron chi connectivity index (χ1n) is 11.4. The van der Waals surface area contributed by atoms with Gasteiger partial charge in [-0.15, -0.1) is 12.4 Å². The average molecular weight is 396 g/mol. The molecule has 0 aliphatic heterocycles. The molecule has 0 saturated heterocycles. The Morgan fingerprint density at radius 3 is 1.56 bits per heavy atom. The van der Waals surface area contributed by atoms with E-state index in [1.807, 2.05) is 0 Å². The predicted molar refractivity (Wildman–Crippen MR) is 125 cm³/mol. The molecule has 27 heavy (non-hydrogen) atoms. The summed E-state index contributed by atoms with van der Waals surface area (Å²) in [5.41, 5.74) is 2.96. The van der Waals surface area contributed by atoms with Gasteiger partial charge in [-0.3, -0.25) is 0 Å². The van der Waals surface area contributed by atoms with Crippen molar-refractivity contribution < 1.29 is 0 Å². The first-order valence-corrected chi connectivity index (χ1v) is 11.4. The SMILES string of the molecule is CCCCCCCCCCCCCCCCc1cccc(CN(C)C)c1.Cl. The van der Waals surface area contributed by atoms with Crippen molar-refractivity contribution in [2.45, 2.75) is 110 Å². The molecule has 0 unspecified atom stereocenters. The van der Waals surface area contributed by atoms with Crippen LogP contribution in [-0.4, -0.2) is 19.0 Å². The monoisotopic (exact) mass is 395 g/mol. The summed E-state index contributed by atoms with van der Waals surface area (Å²) in [6, 6.07) is 9.15. The highest BCUT2D eigenvalue weighted by molar-refractivity contribution is 5.85. The van der Waals surface area contributed by atoms with Crippen LogP contribution < -0.4 is 0 Å². The summed E-state index contributed by atoms with van der Waals surface area (Å²) in [5, 5.41) is 0. The third-order valence-electron chi connectivity index (χ3n) is 5.31. The average Bonchev–Trinajstić information content (AvgIpc) is 2.62. The molecule has 1 nitrogen and oxygen atoms in total. The van der Waals surface area contributed by atoms with Crippen molar-refractivity contribution >= 4 is 12.4 Å². The van der Waals surface area contributed by atoms with E-state index in [1.54, 1.807) is 0 Å². The number of nitrogens with zero attached hydrogens (tertiary/aromatic N) is 1. The van der Waals surface area contributed by atoms with Crippen LogP contribution in [0.5, 0.6) is 0 Å². The molecule has 158 valence electrons. The minimum Gasteiger partial charge on any atom is -0.305 e. The van der Waals surface area contributed by atoms with Gasteiger partial charge in [0.15, 0.2) is 0 Å². The fourth-order valence-corrected chi connectivity index (χ4v) is 3.77. The molecular weight excluding hydrogens is 350 g/mol. The lowest BCUT2D eigenvalue weighted by atomic mass is 10.0. The molecule has 0 radical (unpaired) electrons. The van der Waals surface area contributed by atoms with Crippen LogP contribution in [0.1, 0.15) is 108 Å². The molecule has 0 atom stereocenters. The number of hydrogen-bond acceptors (Lipinski definition) is 1. The number of halogens is 1. The Balaban J connectivity index is 0.00000676. The van der Waals surface area contributed by atoms with Crippen LogP contribution in [0.4, 0.5) is 0 Å². The molecular formula is C25H46ClN. The number of benzene rings is 1. The van der Waals surface area contributed by atoms with Crippen LogP contribution in [-0.2, 0) is 13.0 Å². The van der Waals surface area contributed by atoms with Gasteiger partial charge in [0.2, 0.25) is 0 Å². The topological polar surface area (TPSA) is 3.24 Å². The first-order chi connectivity index (χ1) is 12.7. The molecule has 2 heteroatoms. The second-order valence-corrected chi connectivity index (χ2v) is 8.40. The van der Waals surface area contributed by atoms with Crippen molar-refractivity contribution in [3.63, 3.8) is 0 Å². The van der Waals surface area contributed by atoms with E-state index in [0.717, 1.165) is 6.54 Å². The highest BCUT2D eigenvalue weighted by Crippen LogP contribution is 2.15. The van der Waals surface area contributed by atoms with Gasteiger partial charge < -0.3 is 4.90 Å². The molecule has 0 N–H and O–H groups in total. The molecule has 0 aliphatic rings. The molecule has 0 heterocycles. The minimum atomic E-state index is 0. The van der Waals surface area contributed by atoms with Crippen LogP contribution in [0.25, 0.3) is 0 Å². The third kappa shape index (κ3) is 16.2. The van der Waals surface area contributed by atoms with Gasteiger partial charge in [-0.05, 0) is 38.1 Å². The summed E-state index contributed by atoms with van der Waals surface area (Å²) < 4.78 is 0. The van der Waals surface area contributed by atoms with Gasteiger partial charge in [0.1, 0.15) is 0 Å². The second-order valence-electron chi connectivity index (χ2n) is 8.40. The van der Waals surface area contributed by atoms with Gasteiger partial charge in [-0.1, -0.05) is 115 Å². The van der Waals surface area contributed by atoms with E-state index in [4.69, 9.17) is 0 Å². The highest BCUT2D eigenvalue weighted by atomic mass is 35.5. The zero-order valence-corrected chi connectivity index (χ0v) is 19.3. The fraction of sp³-hybridized carbons (Fsp3) is 0.760. The summed E-state index contributed by atoms with van der Waals surface area (Å²) >= 11 is 0.